The lowest BCUT2D eigenvalue weighted by molar-refractivity contribution is -0.145. The molecule has 3 heteroatoms. The van der Waals surface area contributed by atoms with E-state index in [-0.39, 0.29) is 11.6 Å². The molecule has 0 saturated heterocycles. The van der Waals surface area contributed by atoms with Gasteiger partial charge in [-0.25, -0.2) is 0 Å². The standard InChI is InChI=1S/C37H64O3/c1-25(2)16-13-17-27(5)18-14-19-28(6)20-15-22-37(12)23-21-32-31(9)33(29(7)30(8)34(32)40-37)39-35(38)36(10,11)24-26(3)4/h25-28H,13-24H2,1-12H3/t27?,28-,37+/m1/s1. The summed E-state index contributed by atoms with van der Waals surface area (Å²) in [4.78, 5) is 13.1. The van der Waals surface area contributed by atoms with Crippen LogP contribution in [0.15, 0.2) is 0 Å². The maximum Gasteiger partial charge on any atom is 0.316 e. The van der Waals surface area contributed by atoms with Crippen molar-refractivity contribution in [2.24, 2.45) is 29.1 Å². The fourth-order valence-corrected chi connectivity index (χ4v) is 6.75. The molecule has 0 N–H and O–H groups in total. The molecule has 0 radical (unpaired) electrons. The molecule has 1 aliphatic rings. The predicted molar refractivity (Wildman–Crippen MR) is 172 cm³/mol. The lowest BCUT2D eigenvalue weighted by Gasteiger charge is -2.38. The van der Waals surface area contributed by atoms with Crippen molar-refractivity contribution < 1.29 is 14.3 Å². The Labute approximate surface area is 248 Å². The van der Waals surface area contributed by atoms with Crippen molar-refractivity contribution in [2.75, 3.05) is 0 Å². The molecule has 1 heterocycles. The van der Waals surface area contributed by atoms with Crippen LogP contribution in [-0.4, -0.2) is 11.6 Å². The van der Waals surface area contributed by atoms with E-state index < -0.39 is 5.41 Å². The molecule has 0 bridgehead atoms. The summed E-state index contributed by atoms with van der Waals surface area (Å²) in [6.07, 6.45) is 14.6. The summed E-state index contributed by atoms with van der Waals surface area (Å²) < 4.78 is 12.9. The monoisotopic (exact) mass is 556 g/mol. The second kappa shape index (κ2) is 15.1. The van der Waals surface area contributed by atoms with Crippen LogP contribution in [0.4, 0.5) is 0 Å². The van der Waals surface area contributed by atoms with Gasteiger partial charge in [-0.15, -0.1) is 0 Å². The van der Waals surface area contributed by atoms with E-state index in [4.69, 9.17) is 9.47 Å². The van der Waals surface area contributed by atoms with Crippen molar-refractivity contribution >= 4 is 5.97 Å². The van der Waals surface area contributed by atoms with Crippen LogP contribution < -0.4 is 9.47 Å². The summed E-state index contributed by atoms with van der Waals surface area (Å²) >= 11 is 0. The van der Waals surface area contributed by atoms with E-state index in [9.17, 15) is 4.79 Å². The first-order valence-electron chi connectivity index (χ1n) is 16.6. The summed E-state index contributed by atoms with van der Waals surface area (Å²) in [6.45, 7) is 26.4. The highest BCUT2D eigenvalue weighted by Crippen LogP contribution is 2.45. The lowest BCUT2D eigenvalue weighted by Crippen LogP contribution is -2.37. The molecule has 1 aliphatic heterocycles. The summed E-state index contributed by atoms with van der Waals surface area (Å²) in [5.41, 5.74) is 3.81. The van der Waals surface area contributed by atoms with Crippen molar-refractivity contribution in [2.45, 2.75) is 166 Å². The number of fused-ring (bicyclic) bond motifs is 1. The minimum Gasteiger partial charge on any atom is -0.487 e. The molecule has 0 amide bonds. The average molecular weight is 557 g/mol. The van der Waals surface area contributed by atoms with E-state index in [0.29, 0.717) is 5.92 Å². The molecule has 0 aromatic heterocycles. The van der Waals surface area contributed by atoms with Crippen LogP contribution in [-0.2, 0) is 11.2 Å². The van der Waals surface area contributed by atoms with Crippen LogP contribution in [0.3, 0.4) is 0 Å². The zero-order valence-corrected chi connectivity index (χ0v) is 28.5. The van der Waals surface area contributed by atoms with Gasteiger partial charge in [0.25, 0.3) is 0 Å². The van der Waals surface area contributed by atoms with Crippen molar-refractivity contribution in [3.05, 3.63) is 22.3 Å². The van der Waals surface area contributed by atoms with E-state index in [1.165, 1.54) is 56.9 Å². The summed E-state index contributed by atoms with van der Waals surface area (Å²) in [6, 6.07) is 0. The van der Waals surface area contributed by atoms with Gasteiger partial charge >= 0.3 is 5.97 Å². The number of esters is 1. The first-order chi connectivity index (χ1) is 18.6. The Hall–Kier alpha value is -1.51. The van der Waals surface area contributed by atoms with Gasteiger partial charge in [-0.2, -0.15) is 0 Å². The minimum atomic E-state index is -0.505. The third-order valence-electron chi connectivity index (χ3n) is 9.50. The van der Waals surface area contributed by atoms with Gasteiger partial charge in [0.15, 0.2) is 0 Å². The molecule has 0 aliphatic carbocycles. The fourth-order valence-electron chi connectivity index (χ4n) is 6.75. The quantitative estimate of drug-likeness (QED) is 0.150. The van der Waals surface area contributed by atoms with Gasteiger partial charge in [-0.3, -0.25) is 4.79 Å². The number of ether oxygens (including phenoxy) is 2. The van der Waals surface area contributed by atoms with E-state index >= 15 is 0 Å². The van der Waals surface area contributed by atoms with E-state index in [0.717, 1.165) is 71.6 Å². The van der Waals surface area contributed by atoms with Gasteiger partial charge in [0.2, 0.25) is 0 Å². The molecule has 40 heavy (non-hydrogen) atoms. The second-order valence-electron chi connectivity index (χ2n) is 15.3. The van der Waals surface area contributed by atoms with Gasteiger partial charge in [-0.1, -0.05) is 86.5 Å². The molecule has 0 saturated carbocycles. The van der Waals surface area contributed by atoms with Gasteiger partial charge in [-0.05, 0) is 114 Å². The smallest absolute Gasteiger partial charge is 0.316 e. The molecule has 3 nitrogen and oxygen atoms in total. The second-order valence-corrected chi connectivity index (χ2v) is 15.3. The van der Waals surface area contributed by atoms with E-state index in [2.05, 4.69) is 69.2 Å². The fraction of sp³-hybridized carbons (Fsp3) is 0.811. The number of hydrogen-bond donors (Lipinski definition) is 0. The minimum absolute atomic E-state index is 0.126. The highest BCUT2D eigenvalue weighted by Gasteiger charge is 2.36. The number of carbonyl (C=O) groups is 1. The molecule has 230 valence electrons. The molecule has 0 fully saturated rings. The number of hydrogen-bond acceptors (Lipinski definition) is 3. The van der Waals surface area contributed by atoms with Gasteiger partial charge in [0.1, 0.15) is 17.1 Å². The third kappa shape index (κ3) is 10.1. The Balaban J connectivity index is 1.93. The Morgan fingerprint density at radius 3 is 1.93 bits per heavy atom. The molecular formula is C37H64O3. The van der Waals surface area contributed by atoms with Crippen molar-refractivity contribution in [3.8, 4) is 11.5 Å². The largest absolute Gasteiger partial charge is 0.487 e. The van der Waals surface area contributed by atoms with Crippen molar-refractivity contribution in [1.82, 2.24) is 0 Å². The highest BCUT2D eigenvalue weighted by molar-refractivity contribution is 5.79. The highest BCUT2D eigenvalue weighted by atomic mass is 16.5. The first-order valence-corrected chi connectivity index (χ1v) is 16.6. The Bertz CT molecular complexity index is 957. The van der Waals surface area contributed by atoms with Crippen LogP contribution >= 0.6 is 0 Å². The summed E-state index contributed by atoms with van der Waals surface area (Å²) in [5.74, 6) is 4.57. The van der Waals surface area contributed by atoms with Crippen molar-refractivity contribution in [3.63, 3.8) is 0 Å². The van der Waals surface area contributed by atoms with Crippen LogP contribution in [0.1, 0.15) is 155 Å². The molecule has 1 aromatic rings. The zero-order valence-electron chi connectivity index (χ0n) is 28.5. The van der Waals surface area contributed by atoms with E-state index in [1.807, 2.05) is 13.8 Å². The normalized spacial score (nSPS) is 18.9. The molecule has 1 unspecified atom stereocenters. The molecular weight excluding hydrogens is 492 g/mol. The average Bonchev–Trinajstić information content (AvgIpc) is 2.84. The number of carbonyl (C=O) groups excluding carboxylic acids is 1. The maximum atomic E-state index is 13.1. The Kier molecular flexibility index (Phi) is 13.1. The summed E-state index contributed by atoms with van der Waals surface area (Å²) in [7, 11) is 0. The predicted octanol–water partition coefficient (Wildman–Crippen LogP) is 11.1. The van der Waals surface area contributed by atoms with Crippen LogP contribution in [0.25, 0.3) is 0 Å². The van der Waals surface area contributed by atoms with Gasteiger partial charge in [0, 0.05) is 5.56 Å². The third-order valence-corrected chi connectivity index (χ3v) is 9.50. The maximum absolute atomic E-state index is 13.1. The van der Waals surface area contributed by atoms with E-state index in [1.54, 1.807) is 0 Å². The zero-order chi connectivity index (χ0) is 30.3. The van der Waals surface area contributed by atoms with Gasteiger partial charge in [0.05, 0.1) is 5.41 Å². The topological polar surface area (TPSA) is 35.5 Å². The van der Waals surface area contributed by atoms with Crippen LogP contribution in [0.5, 0.6) is 11.5 Å². The first kappa shape index (κ1) is 34.7. The number of benzene rings is 1. The molecule has 1 aromatic carbocycles. The van der Waals surface area contributed by atoms with Crippen molar-refractivity contribution in [1.29, 1.82) is 0 Å². The summed E-state index contributed by atoms with van der Waals surface area (Å²) in [5, 5.41) is 0. The van der Waals surface area contributed by atoms with Crippen LogP contribution in [0, 0.1) is 49.9 Å². The number of rotatable bonds is 16. The molecule has 2 rings (SSSR count). The molecule has 3 atom stereocenters. The SMILES string of the molecule is Cc1c(C)c2c(c(C)c1OC(=O)C(C)(C)CC(C)C)CC[C@](C)(CCC[C@H](C)CCCC(C)CCCC(C)C)O2. The Morgan fingerprint density at radius 1 is 0.825 bits per heavy atom. The Morgan fingerprint density at radius 2 is 1.38 bits per heavy atom. The lowest BCUT2D eigenvalue weighted by atomic mass is 9.83. The van der Waals surface area contributed by atoms with Gasteiger partial charge < -0.3 is 9.47 Å². The molecule has 0 spiro atoms. The van der Waals surface area contributed by atoms with Crippen LogP contribution in [0.2, 0.25) is 0 Å².